The van der Waals surface area contributed by atoms with E-state index in [0.29, 0.717) is 12.1 Å². The van der Waals surface area contributed by atoms with Gasteiger partial charge in [-0.05, 0) is 62.9 Å². The number of aliphatic hydroxyl groups is 1. The molecule has 0 saturated heterocycles. The first-order valence-corrected chi connectivity index (χ1v) is 9.00. The number of benzene rings is 2. The van der Waals surface area contributed by atoms with E-state index < -0.39 is 6.10 Å². The van der Waals surface area contributed by atoms with Gasteiger partial charge in [-0.25, -0.2) is 4.99 Å². The van der Waals surface area contributed by atoms with Crippen molar-refractivity contribution in [1.82, 2.24) is 0 Å². The molecule has 0 bridgehead atoms. The highest BCUT2D eigenvalue weighted by Crippen LogP contribution is 2.28. The van der Waals surface area contributed by atoms with Crippen LogP contribution in [0.1, 0.15) is 35.6 Å². The van der Waals surface area contributed by atoms with Crippen LogP contribution in [0.2, 0.25) is 0 Å². The van der Waals surface area contributed by atoms with Crippen molar-refractivity contribution < 1.29 is 5.11 Å². The zero-order chi connectivity index (χ0) is 18.8. The molecule has 0 heterocycles. The summed E-state index contributed by atoms with van der Waals surface area (Å²) in [6, 6.07) is 12.3. The van der Waals surface area contributed by atoms with Crippen molar-refractivity contribution in [2.45, 2.75) is 47.1 Å². The lowest BCUT2D eigenvalue weighted by Crippen LogP contribution is -2.32. The standard InChI is InChI=1S/C23H26N2O/c1-14-12-19(24-21-15(2)8-6-9-16(21)3)23(26)20(13-14)25-22-17(4)10-7-11-18(22)5/h6-12,23,26H,13H2,1-5H3. The van der Waals surface area contributed by atoms with Gasteiger partial charge in [-0.15, -0.1) is 0 Å². The average molecular weight is 346 g/mol. The summed E-state index contributed by atoms with van der Waals surface area (Å²) in [6.07, 6.45) is 1.87. The fraction of sp³-hybridized carbons (Fsp3) is 0.304. The minimum absolute atomic E-state index is 0.663. The molecule has 3 nitrogen and oxygen atoms in total. The number of aliphatic hydroxyl groups excluding tert-OH is 1. The van der Waals surface area contributed by atoms with Gasteiger partial charge in [0.1, 0.15) is 6.10 Å². The molecular formula is C23H26N2O. The van der Waals surface area contributed by atoms with Crippen LogP contribution in [0, 0.1) is 27.7 Å². The van der Waals surface area contributed by atoms with Gasteiger partial charge in [-0.3, -0.25) is 4.99 Å². The number of para-hydroxylation sites is 2. The van der Waals surface area contributed by atoms with Crippen LogP contribution in [-0.2, 0) is 0 Å². The second kappa shape index (κ2) is 7.38. The molecule has 1 aliphatic carbocycles. The van der Waals surface area contributed by atoms with Crippen LogP contribution in [0.4, 0.5) is 11.4 Å². The molecule has 0 fully saturated rings. The summed E-state index contributed by atoms with van der Waals surface area (Å²) < 4.78 is 0. The van der Waals surface area contributed by atoms with Crippen LogP contribution in [0.5, 0.6) is 0 Å². The average Bonchev–Trinajstić information content (AvgIpc) is 2.58. The predicted molar refractivity (Wildman–Crippen MR) is 110 cm³/mol. The quantitative estimate of drug-likeness (QED) is 0.769. The first kappa shape index (κ1) is 18.3. The molecular weight excluding hydrogens is 320 g/mol. The summed E-state index contributed by atoms with van der Waals surface area (Å²) >= 11 is 0. The molecule has 134 valence electrons. The van der Waals surface area contributed by atoms with E-state index in [9.17, 15) is 5.11 Å². The first-order valence-electron chi connectivity index (χ1n) is 9.00. The fourth-order valence-electron chi connectivity index (χ4n) is 3.37. The SMILES string of the molecule is CC1=CC(=Nc2c(C)cccc2C)C(O)C(=Nc2c(C)cccc2C)C1. The third-order valence-electron chi connectivity index (χ3n) is 4.83. The van der Waals surface area contributed by atoms with E-state index in [4.69, 9.17) is 9.98 Å². The number of nitrogens with zero attached hydrogens (tertiary/aromatic N) is 2. The summed E-state index contributed by atoms with van der Waals surface area (Å²) in [6.45, 7) is 10.3. The Balaban J connectivity index is 2.07. The molecule has 3 heteroatoms. The topological polar surface area (TPSA) is 45.0 Å². The number of aryl methyl sites for hydroxylation is 4. The van der Waals surface area contributed by atoms with Crippen molar-refractivity contribution in [3.8, 4) is 0 Å². The lowest BCUT2D eigenvalue weighted by Gasteiger charge is -2.22. The molecule has 1 N–H and O–H groups in total. The summed E-state index contributed by atoms with van der Waals surface area (Å²) in [5, 5.41) is 10.9. The fourth-order valence-corrected chi connectivity index (χ4v) is 3.37. The van der Waals surface area contributed by atoms with E-state index >= 15 is 0 Å². The Morgan fingerprint density at radius 3 is 1.73 bits per heavy atom. The molecule has 0 aliphatic heterocycles. The zero-order valence-electron chi connectivity index (χ0n) is 16.2. The number of rotatable bonds is 2. The van der Waals surface area contributed by atoms with Crippen molar-refractivity contribution in [2.75, 3.05) is 0 Å². The summed E-state index contributed by atoms with van der Waals surface area (Å²) in [5.74, 6) is 0. The molecule has 0 aromatic heterocycles. The maximum Gasteiger partial charge on any atom is 0.134 e. The molecule has 0 spiro atoms. The van der Waals surface area contributed by atoms with Crippen molar-refractivity contribution in [3.63, 3.8) is 0 Å². The Morgan fingerprint density at radius 1 is 0.769 bits per heavy atom. The molecule has 2 aromatic rings. The van der Waals surface area contributed by atoms with Gasteiger partial charge in [-0.1, -0.05) is 42.0 Å². The summed E-state index contributed by atoms with van der Waals surface area (Å²) in [7, 11) is 0. The van der Waals surface area contributed by atoms with Gasteiger partial charge in [0.25, 0.3) is 0 Å². The van der Waals surface area contributed by atoms with Gasteiger partial charge in [0.15, 0.2) is 0 Å². The molecule has 2 aromatic carbocycles. The molecule has 26 heavy (non-hydrogen) atoms. The highest BCUT2D eigenvalue weighted by molar-refractivity contribution is 6.19. The van der Waals surface area contributed by atoms with Crippen molar-refractivity contribution in [2.24, 2.45) is 9.98 Å². The molecule has 1 unspecified atom stereocenters. The van der Waals surface area contributed by atoms with Gasteiger partial charge in [0.2, 0.25) is 0 Å². The Morgan fingerprint density at radius 2 is 1.23 bits per heavy atom. The van der Waals surface area contributed by atoms with E-state index in [1.165, 1.54) is 0 Å². The Kier molecular flexibility index (Phi) is 5.19. The van der Waals surface area contributed by atoms with Crippen LogP contribution < -0.4 is 0 Å². The normalized spacial score (nSPS) is 20.5. The molecule has 0 amide bonds. The molecule has 0 radical (unpaired) electrons. The lowest BCUT2D eigenvalue weighted by atomic mass is 9.93. The van der Waals surface area contributed by atoms with Crippen LogP contribution in [-0.4, -0.2) is 22.6 Å². The smallest absolute Gasteiger partial charge is 0.134 e. The maximum absolute atomic E-state index is 10.9. The van der Waals surface area contributed by atoms with Crippen LogP contribution >= 0.6 is 0 Å². The minimum Gasteiger partial charge on any atom is -0.381 e. The molecule has 1 atom stereocenters. The molecule has 0 saturated carbocycles. The Labute approximate surface area is 155 Å². The third kappa shape index (κ3) is 3.68. The van der Waals surface area contributed by atoms with Gasteiger partial charge in [0, 0.05) is 6.42 Å². The largest absolute Gasteiger partial charge is 0.381 e. The van der Waals surface area contributed by atoms with Gasteiger partial charge in [-0.2, -0.15) is 0 Å². The highest BCUT2D eigenvalue weighted by atomic mass is 16.3. The number of aliphatic imine (C=N–C) groups is 2. The summed E-state index contributed by atoms with van der Waals surface area (Å²) in [4.78, 5) is 9.63. The van der Waals surface area contributed by atoms with E-state index in [0.717, 1.165) is 44.9 Å². The predicted octanol–water partition coefficient (Wildman–Crippen LogP) is 5.48. The first-order chi connectivity index (χ1) is 12.4. The zero-order valence-corrected chi connectivity index (χ0v) is 16.2. The monoisotopic (exact) mass is 346 g/mol. The maximum atomic E-state index is 10.9. The van der Waals surface area contributed by atoms with Gasteiger partial charge >= 0.3 is 0 Å². The van der Waals surface area contributed by atoms with Crippen molar-refractivity contribution >= 4 is 22.8 Å². The van der Waals surface area contributed by atoms with E-state index in [1.54, 1.807) is 0 Å². The second-order valence-electron chi connectivity index (χ2n) is 7.19. The lowest BCUT2D eigenvalue weighted by molar-refractivity contribution is 0.303. The van der Waals surface area contributed by atoms with Crippen molar-refractivity contribution in [3.05, 3.63) is 70.3 Å². The molecule has 1 aliphatic rings. The number of hydrogen-bond donors (Lipinski definition) is 1. The van der Waals surface area contributed by atoms with E-state index in [1.807, 2.05) is 44.2 Å². The summed E-state index contributed by atoms with van der Waals surface area (Å²) in [5.41, 5.74) is 8.90. The van der Waals surface area contributed by atoms with Crippen molar-refractivity contribution in [1.29, 1.82) is 0 Å². The van der Waals surface area contributed by atoms with Gasteiger partial charge < -0.3 is 5.11 Å². The Bertz CT molecular complexity index is 895. The molecule has 3 rings (SSSR count). The number of hydrogen-bond acceptors (Lipinski definition) is 3. The van der Waals surface area contributed by atoms with E-state index in [2.05, 4.69) is 32.9 Å². The van der Waals surface area contributed by atoms with Gasteiger partial charge in [0.05, 0.1) is 22.8 Å². The minimum atomic E-state index is -0.781. The van der Waals surface area contributed by atoms with Crippen LogP contribution in [0.3, 0.4) is 0 Å². The van der Waals surface area contributed by atoms with Crippen LogP contribution in [0.25, 0.3) is 0 Å². The third-order valence-corrected chi connectivity index (χ3v) is 4.83. The van der Waals surface area contributed by atoms with E-state index in [-0.39, 0.29) is 0 Å². The highest BCUT2D eigenvalue weighted by Gasteiger charge is 2.24. The van der Waals surface area contributed by atoms with Crippen LogP contribution in [0.15, 0.2) is 58.0 Å². The number of allylic oxidation sites excluding steroid dienone is 1. The second-order valence-corrected chi connectivity index (χ2v) is 7.19. The Hall–Kier alpha value is -2.52.